The Kier molecular flexibility index (Phi) is 3.44. The van der Waals surface area contributed by atoms with Gasteiger partial charge in [0, 0.05) is 31.9 Å². The van der Waals surface area contributed by atoms with E-state index in [1.165, 1.54) is 18.4 Å². The van der Waals surface area contributed by atoms with Crippen LogP contribution in [0.3, 0.4) is 0 Å². The van der Waals surface area contributed by atoms with Gasteiger partial charge in [-0.3, -0.25) is 0 Å². The van der Waals surface area contributed by atoms with E-state index in [0.717, 1.165) is 18.4 Å². The molecule has 1 aromatic rings. The van der Waals surface area contributed by atoms with Crippen molar-refractivity contribution in [3.05, 3.63) is 23.9 Å². The van der Waals surface area contributed by atoms with Gasteiger partial charge in [0.1, 0.15) is 5.82 Å². The van der Waals surface area contributed by atoms with E-state index >= 15 is 0 Å². The van der Waals surface area contributed by atoms with E-state index in [1.807, 2.05) is 6.20 Å². The number of nitrogens with zero attached hydrogens (tertiary/aromatic N) is 2. The van der Waals surface area contributed by atoms with Gasteiger partial charge < -0.3 is 10.2 Å². The molecular formula is C13H21N3. The SMILES string of the molecule is CC(C)N(C)c1cc(CNC2CC2)ccn1. The molecule has 0 amide bonds. The highest BCUT2D eigenvalue weighted by Gasteiger charge is 2.20. The van der Waals surface area contributed by atoms with Crippen LogP contribution in [0.1, 0.15) is 32.3 Å². The molecule has 0 unspecified atom stereocenters. The minimum atomic E-state index is 0.485. The minimum absolute atomic E-state index is 0.485. The van der Waals surface area contributed by atoms with Crippen LogP contribution in [0.4, 0.5) is 5.82 Å². The van der Waals surface area contributed by atoms with E-state index in [9.17, 15) is 0 Å². The zero-order valence-corrected chi connectivity index (χ0v) is 10.4. The van der Waals surface area contributed by atoms with Crippen LogP contribution in [0.15, 0.2) is 18.3 Å². The third-order valence-electron chi connectivity index (χ3n) is 3.12. The first-order valence-electron chi connectivity index (χ1n) is 6.08. The molecule has 0 aliphatic heterocycles. The minimum Gasteiger partial charge on any atom is -0.357 e. The van der Waals surface area contributed by atoms with E-state index in [2.05, 4.69) is 48.2 Å². The Morgan fingerprint density at radius 2 is 2.25 bits per heavy atom. The molecule has 1 aliphatic rings. The zero-order valence-electron chi connectivity index (χ0n) is 10.4. The lowest BCUT2D eigenvalue weighted by molar-refractivity contribution is 0.685. The normalized spacial score (nSPS) is 15.5. The molecule has 3 heteroatoms. The third kappa shape index (κ3) is 2.95. The van der Waals surface area contributed by atoms with E-state index in [1.54, 1.807) is 0 Å². The lowest BCUT2D eigenvalue weighted by Crippen LogP contribution is -2.26. The van der Waals surface area contributed by atoms with Crippen LogP contribution in [-0.2, 0) is 6.54 Å². The van der Waals surface area contributed by atoms with Gasteiger partial charge in [-0.2, -0.15) is 0 Å². The first-order valence-corrected chi connectivity index (χ1v) is 6.08. The standard InChI is InChI=1S/C13H21N3/c1-10(2)16(3)13-8-11(6-7-14-13)9-15-12-4-5-12/h6-8,10,12,15H,4-5,9H2,1-3H3. The Bertz CT molecular complexity index is 345. The van der Waals surface area contributed by atoms with Gasteiger partial charge in [-0.25, -0.2) is 4.98 Å². The van der Waals surface area contributed by atoms with Gasteiger partial charge in [0.15, 0.2) is 0 Å². The molecule has 0 saturated heterocycles. The fourth-order valence-corrected chi connectivity index (χ4v) is 1.58. The van der Waals surface area contributed by atoms with Crippen LogP contribution < -0.4 is 10.2 Å². The molecule has 2 rings (SSSR count). The molecule has 1 fully saturated rings. The molecule has 0 aromatic carbocycles. The summed E-state index contributed by atoms with van der Waals surface area (Å²) in [5, 5.41) is 3.52. The monoisotopic (exact) mass is 219 g/mol. The molecular weight excluding hydrogens is 198 g/mol. The zero-order chi connectivity index (χ0) is 11.5. The summed E-state index contributed by atoms with van der Waals surface area (Å²) in [5.74, 6) is 1.06. The Morgan fingerprint density at radius 3 is 2.88 bits per heavy atom. The number of hydrogen-bond donors (Lipinski definition) is 1. The van der Waals surface area contributed by atoms with Gasteiger partial charge in [-0.1, -0.05) is 0 Å². The Hall–Kier alpha value is -1.09. The van der Waals surface area contributed by atoms with Crippen LogP contribution in [0, 0.1) is 0 Å². The third-order valence-corrected chi connectivity index (χ3v) is 3.12. The molecule has 0 atom stereocenters. The smallest absolute Gasteiger partial charge is 0.128 e. The Balaban J connectivity index is 1.99. The molecule has 88 valence electrons. The summed E-state index contributed by atoms with van der Waals surface area (Å²) in [6.07, 6.45) is 4.58. The number of rotatable bonds is 5. The van der Waals surface area contributed by atoms with Crippen molar-refractivity contribution >= 4 is 5.82 Å². The van der Waals surface area contributed by atoms with Crippen molar-refractivity contribution in [3.63, 3.8) is 0 Å². The molecule has 16 heavy (non-hydrogen) atoms. The van der Waals surface area contributed by atoms with E-state index in [-0.39, 0.29) is 0 Å². The van der Waals surface area contributed by atoms with Crippen molar-refractivity contribution in [1.29, 1.82) is 0 Å². The topological polar surface area (TPSA) is 28.2 Å². The summed E-state index contributed by atoms with van der Waals surface area (Å²) in [6.45, 7) is 5.32. The molecule has 3 nitrogen and oxygen atoms in total. The van der Waals surface area contributed by atoms with Crippen molar-refractivity contribution in [2.45, 2.75) is 45.3 Å². The van der Waals surface area contributed by atoms with Gasteiger partial charge in [0.2, 0.25) is 0 Å². The lowest BCUT2D eigenvalue weighted by atomic mass is 10.2. The maximum Gasteiger partial charge on any atom is 0.128 e. The van der Waals surface area contributed by atoms with Crippen LogP contribution in [0.2, 0.25) is 0 Å². The lowest BCUT2D eigenvalue weighted by Gasteiger charge is -2.22. The Labute approximate surface area is 97.9 Å². The molecule has 0 bridgehead atoms. The number of hydrogen-bond acceptors (Lipinski definition) is 3. The molecule has 1 N–H and O–H groups in total. The average molecular weight is 219 g/mol. The van der Waals surface area contributed by atoms with Crippen molar-refractivity contribution in [2.75, 3.05) is 11.9 Å². The summed E-state index contributed by atoms with van der Waals surface area (Å²) < 4.78 is 0. The van der Waals surface area contributed by atoms with Crippen molar-refractivity contribution in [3.8, 4) is 0 Å². The van der Waals surface area contributed by atoms with Gasteiger partial charge in [0.25, 0.3) is 0 Å². The number of pyridine rings is 1. The first kappa shape index (κ1) is 11.4. The summed E-state index contributed by atoms with van der Waals surface area (Å²) in [6, 6.07) is 5.51. The fourth-order valence-electron chi connectivity index (χ4n) is 1.58. The summed E-state index contributed by atoms with van der Waals surface area (Å²) in [7, 11) is 2.09. The molecule has 1 saturated carbocycles. The van der Waals surface area contributed by atoms with Gasteiger partial charge >= 0.3 is 0 Å². The van der Waals surface area contributed by atoms with Crippen molar-refractivity contribution in [1.82, 2.24) is 10.3 Å². The predicted octanol–water partition coefficient (Wildman–Crippen LogP) is 2.18. The van der Waals surface area contributed by atoms with Gasteiger partial charge in [-0.15, -0.1) is 0 Å². The summed E-state index contributed by atoms with van der Waals surface area (Å²) in [5.41, 5.74) is 1.32. The number of anilines is 1. The van der Waals surface area contributed by atoms with Crippen LogP contribution >= 0.6 is 0 Å². The van der Waals surface area contributed by atoms with Crippen LogP contribution in [0.5, 0.6) is 0 Å². The maximum absolute atomic E-state index is 4.40. The second-order valence-corrected chi connectivity index (χ2v) is 4.88. The van der Waals surface area contributed by atoms with Crippen molar-refractivity contribution < 1.29 is 0 Å². The van der Waals surface area contributed by atoms with E-state index in [0.29, 0.717) is 6.04 Å². The molecule has 1 aromatic heterocycles. The Morgan fingerprint density at radius 1 is 1.50 bits per heavy atom. The summed E-state index contributed by atoms with van der Waals surface area (Å²) in [4.78, 5) is 6.60. The second kappa shape index (κ2) is 4.83. The van der Waals surface area contributed by atoms with Crippen molar-refractivity contribution in [2.24, 2.45) is 0 Å². The largest absolute Gasteiger partial charge is 0.357 e. The highest BCUT2D eigenvalue weighted by Crippen LogP contribution is 2.20. The average Bonchev–Trinajstić information content (AvgIpc) is 3.09. The first-order chi connectivity index (χ1) is 7.66. The quantitative estimate of drug-likeness (QED) is 0.822. The van der Waals surface area contributed by atoms with Gasteiger partial charge in [0.05, 0.1) is 0 Å². The maximum atomic E-state index is 4.40. The van der Waals surface area contributed by atoms with E-state index in [4.69, 9.17) is 0 Å². The predicted molar refractivity (Wildman–Crippen MR) is 67.6 cm³/mol. The van der Waals surface area contributed by atoms with Crippen LogP contribution in [0.25, 0.3) is 0 Å². The molecule has 0 radical (unpaired) electrons. The second-order valence-electron chi connectivity index (χ2n) is 4.88. The van der Waals surface area contributed by atoms with E-state index < -0.39 is 0 Å². The van der Waals surface area contributed by atoms with Crippen LogP contribution in [-0.4, -0.2) is 24.1 Å². The summed E-state index contributed by atoms with van der Waals surface area (Å²) >= 11 is 0. The highest BCUT2D eigenvalue weighted by molar-refractivity contribution is 5.40. The van der Waals surface area contributed by atoms with Gasteiger partial charge in [-0.05, 0) is 44.4 Å². The number of aromatic nitrogens is 1. The number of nitrogens with one attached hydrogen (secondary N) is 1. The highest BCUT2D eigenvalue weighted by atomic mass is 15.2. The molecule has 1 aliphatic carbocycles. The molecule has 0 spiro atoms. The molecule has 1 heterocycles. The fraction of sp³-hybridized carbons (Fsp3) is 0.615.